The van der Waals surface area contributed by atoms with Crippen LogP contribution in [0.1, 0.15) is 11.3 Å². The Bertz CT molecular complexity index is 900. The maximum Gasteiger partial charge on any atom is 0.147 e. The van der Waals surface area contributed by atoms with Crippen LogP contribution in [-0.4, -0.2) is 21.5 Å². The van der Waals surface area contributed by atoms with Crippen molar-refractivity contribution >= 4 is 28.9 Å². The van der Waals surface area contributed by atoms with Crippen LogP contribution in [0, 0.1) is 5.82 Å². The first-order valence-corrected chi connectivity index (χ1v) is 8.29. The van der Waals surface area contributed by atoms with E-state index in [1.54, 1.807) is 18.3 Å². The van der Waals surface area contributed by atoms with Gasteiger partial charge in [0.1, 0.15) is 23.8 Å². The third kappa shape index (κ3) is 3.25. The van der Waals surface area contributed by atoms with Crippen molar-refractivity contribution in [1.29, 1.82) is 0 Å². The van der Waals surface area contributed by atoms with Crippen LogP contribution in [0.4, 0.5) is 21.7 Å². The summed E-state index contributed by atoms with van der Waals surface area (Å²) in [6, 6.07) is 9.86. The van der Waals surface area contributed by atoms with Crippen LogP contribution < -0.4 is 10.2 Å². The number of nitrogens with one attached hydrogen (secondary N) is 1. The standard InChI is InChI=1S/C18H15ClFN5/c19-15-2-1-8-21-18(15)25-9-7-14-16(10-25)22-11-23-17(14)24-13-5-3-12(20)4-6-13/h1-6,8,11H,7,9-10H2,(H,22,23,24). The number of anilines is 3. The van der Waals surface area contributed by atoms with Crippen molar-refractivity contribution in [2.45, 2.75) is 13.0 Å². The third-order valence-electron chi connectivity index (χ3n) is 4.15. The Morgan fingerprint density at radius 2 is 1.92 bits per heavy atom. The highest BCUT2D eigenvalue weighted by molar-refractivity contribution is 6.32. The minimum absolute atomic E-state index is 0.266. The van der Waals surface area contributed by atoms with Gasteiger partial charge in [-0.2, -0.15) is 0 Å². The largest absolute Gasteiger partial charge is 0.349 e. The minimum atomic E-state index is -0.266. The average Bonchev–Trinajstić information content (AvgIpc) is 2.64. The Hall–Kier alpha value is -2.73. The van der Waals surface area contributed by atoms with Gasteiger partial charge in [0.2, 0.25) is 0 Å². The molecular formula is C18H15ClFN5. The zero-order chi connectivity index (χ0) is 17.2. The molecule has 5 nitrogen and oxygen atoms in total. The maximum absolute atomic E-state index is 13.1. The summed E-state index contributed by atoms with van der Waals surface area (Å²) < 4.78 is 13.1. The summed E-state index contributed by atoms with van der Waals surface area (Å²) in [5.41, 5.74) is 2.79. The number of benzene rings is 1. The molecule has 0 radical (unpaired) electrons. The molecule has 0 bridgehead atoms. The van der Waals surface area contributed by atoms with Gasteiger partial charge >= 0.3 is 0 Å². The molecule has 4 rings (SSSR count). The normalized spacial score (nSPS) is 13.4. The van der Waals surface area contributed by atoms with Gasteiger partial charge in [-0.3, -0.25) is 0 Å². The Labute approximate surface area is 149 Å². The number of aromatic nitrogens is 3. The first-order chi connectivity index (χ1) is 12.2. The fourth-order valence-corrected chi connectivity index (χ4v) is 3.16. The van der Waals surface area contributed by atoms with Gasteiger partial charge in [0, 0.05) is 24.0 Å². The van der Waals surface area contributed by atoms with Gasteiger partial charge in [-0.05, 0) is 42.8 Å². The molecule has 1 N–H and O–H groups in total. The van der Waals surface area contributed by atoms with Crippen LogP contribution in [0.15, 0.2) is 48.9 Å². The Morgan fingerprint density at radius 3 is 2.72 bits per heavy atom. The molecule has 3 aromatic rings. The molecule has 1 aliphatic heterocycles. The second kappa shape index (κ2) is 6.64. The van der Waals surface area contributed by atoms with E-state index in [-0.39, 0.29) is 5.82 Å². The lowest BCUT2D eigenvalue weighted by atomic mass is 10.1. The number of nitrogens with zero attached hydrogens (tertiary/aromatic N) is 4. The van der Waals surface area contributed by atoms with Crippen molar-refractivity contribution in [1.82, 2.24) is 15.0 Å². The first-order valence-electron chi connectivity index (χ1n) is 7.91. The molecule has 0 aliphatic carbocycles. The number of fused-ring (bicyclic) bond motifs is 1. The lowest BCUT2D eigenvalue weighted by Crippen LogP contribution is -2.32. The SMILES string of the molecule is Fc1ccc(Nc2ncnc3c2CCN(c2ncccc2Cl)C3)cc1. The summed E-state index contributed by atoms with van der Waals surface area (Å²) in [4.78, 5) is 15.2. The minimum Gasteiger partial charge on any atom is -0.349 e. The van der Waals surface area contributed by atoms with E-state index in [1.165, 1.54) is 18.5 Å². The molecule has 1 aliphatic rings. The summed E-state index contributed by atoms with van der Waals surface area (Å²) in [7, 11) is 0. The topological polar surface area (TPSA) is 53.9 Å². The van der Waals surface area contributed by atoms with E-state index in [4.69, 9.17) is 11.6 Å². The molecule has 0 unspecified atom stereocenters. The predicted octanol–water partition coefficient (Wildman–Crippen LogP) is 3.97. The molecule has 3 heterocycles. The van der Waals surface area contributed by atoms with E-state index in [9.17, 15) is 4.39 Å². The molecule has 1 aromatic carbocycles. The van der Waals surface area contributed by atoms with Crippen LogP contribution in [-0.2, 0) is 13.0 Å². The van der Waals surface area contributed by atoms with Gasteiger partial charge in [-0.25, -0.2) is 19.3 Å². The monoisotopic (exact) mass is 355 g/mol. The molecule has 2 aromatic heterocycles. The van der Waals surface area contributed by atoms with Crippen LogP contribution in [0.2, 0.25) is 5.02 Å². The predicted molar refractivity (Wildman–Crippen MR) is 95.7 cm³/mol. The summed E-state index contributed by atoms with van der Waals surface area (Å²) in [5.74, 6) is 1.25. The maximum atomic E-state index is 13.1. The number of rotatable bonds is 3. The summed E-state index contributed by atoms with van der Waals surface area (Å²) in [5, 5.41) is 3.88. The molecule has 25 heavy (non-hydrogen) atoms. The zero-order valence-electron chi connectivity index (χ0n) is 13.3. The highest BCUT2D eigenvalue weighted by atomic mass is 35.5. The summed E-state index contributed by atoms with van der Waals surface area (Å²) >= 11 is 6.26. The van der Waals surface area contributed by atoms with Gasteiger partial charge in [-0.15, -0.1) is 0 Å². The van der Waals surface area contributed by atoms with E-state index in [0.29, 0.717) is 11.6 Å². The molecule has 0 spiro atoms. The average molecular weight is 356 g/mol. The lowest BCUT2D eigenvalue weighted by molar-refractivity contribution is 0.628. The summed E-state index contributed by atoms with van der Waals surface area (Å²) in [6.45, 7) is 1.39. The molecule has 126 valence electrons. The summed E-state index contributed by atoms with van der Waals surface area (Å²) in [6.07, 6.45) is 4.04. The highest BCUT2D eigenvalue weighted by Gasteiger charge is 2.23. The van der Waals surface area contributed by atoms with Gasteiger partial charge in [0.05, 0.1) is 17.3 Å². The van der Waals surface area contributed by atoms with E-state index in [2.05, 4.69) is 25.2 Å². The molecular weight excluding hydrogens is 341 g/mol. The van der Waals surface area contributed by atoms with E-state index >= 15 is 0 Å². The zero-order valence-corrected chi connectivity index (χ0v) is 14.0. The van der Waals surface area contributed by atoms with Gasteiger partial charge in [-0.1, -0.05) is 11.6 Å². The lowest BCUT2D eigenvalue weighted by Gasteiger charge is -2.30. The van der Waals surface area contributed by atoms with Crippen molar-refractivity contribution in [3.8, 4) is 0 Å². The van der Waals surface area contributed by atoms with E-state index < -0.39 is 0 Å². The Kier molecular flexibility index (Phi) is 4.19. The Balaban J connectivity index is 1.60. The highest BCUT2D eigenvalue weighted by Crippen LogP contribution is 2.30. The van der Waals surface area contributed by atoms with Crippen molar-refractivity contribution in [2.75, 3.05) is 16.8 Å². The van der Waals surface area contributed by atoms with Gasteiger partial charge in [0.15, 0.2) is 0 Å². The van der Waals surface area contributed by atoms with E-state index in [1.807, 2.05) is 12.1 Å². The number of hydrogen-bond donors (Lipinski definition) is 1. The molecule has 0 saturated heterocycles. The second-order valence-electron chi connectivity index (χ2n) is 5.76. The van der Waals surface area contributed by atoms with Gasteiger partial charge < -0.3 is 10.2 Å². The number of halogens is 2. The fraction of sp³-hybridized carbons (Fsp3) is 0.167. The van der Waals surface area contributed by atoms with Crippen LogP contribution >= 0.6 is 11.6 Å². The van der Waals surface area contributed by atoms with Crippen molar-refractivity contribution in [3.05, 3.63) is 71.0 Å². The molecule has 0 atom stereocenters. The smallest absolute Gasteiger partial charge is 0.147 e. The molecule has 0 amide bonds. The second-order valence-corrected chi connectivity index (χ2v) is 6.17. The van der Waals surface area contributed by atoms with Crippen molar-refractivity contribution in [3.63, 3.8) is 0 Å². The van der Waals surface area contributed by atoms with Crippen molar-refractivity contribution < 1.29 is 4.39 Å². The molecule has 7 heteroatoms. The number of pyridine rings is 1. The third-order valence-corrected chi connectivity index (χ3v) is 4.45. The quantitative estimate of drug-likeness (QED) is 0.770. The Morgan fingerprint density at radius 1 is 1.08 bits per heavy atom. The van der Waals surface area contributed by atoms with Crippen LogP contribution in [0.25, 0.3) is 0 Å². The van der Waals surface area contributed by atoms with Crippen LogP contribution in [0.3, 0.4) is 0 Å². The van der Waals surface area contributed by atoms with Gasteiger partial charge in [0.25, 0.3) is 0 Å². The fourth-order valence-electron chi connectivity index (χ4n) is 2.92. The van der Waals surface area contributed by atoms with Crippen LogP contribution in [0.5, 0.6) is 0 Å². The van der Waals surface area contributed by atoms with E-state index in [0.717, 1.165) is 41.5 Å². The van der Waals surface area contributed by atoms with Crippen molar-refractivity contribution in [2.24, 2.45) is 0 Å². The molecule has 0 fully saturated rings. The first kappa shape index (κ1) is 15.8. The molecule has 0 saturated carbocycles. The number of hydrogen-bond acceptors (Lipinski definition) is 5.